The number of hydrogen-bond acceptors (Lipinski definition) is 1. The number of rotatable bonds is 5. The van der Waals surface area contributed by atoms with Crippen molar-refractivity contribution in [3.63, 3.8) is 0 Å². The lowest BCUT2D eigenvalue weighted by molar-refractivity contribution is -0.137. The highest BCUT2D eigenvalue weighted by molar-refractivity contribution is 9.10. The molecule has 1 atom stereocenters. The Morgan fingerprint density at radius 2 is 2.05 bits per heavy atom. The molecule has 1 nitrogen and oxygen atoms in total. The normalized spacial score (nSPS) is 17.5. The maximum Gasteiger partial charge on any atom is 0.416 e. The van der Waals surface area contributed by atoms with Crippen molar-refractivity contribution in [1.29, 1.82) is 0 Å². The highest BCUT2D eigenvalue weighted by atomic mass is 79.9. The van der Waals surface area contributed by atoms with Gasteiger partial charge in [-0.25, -0.2) is 0 Å². The zero-order valence-corrected chi connectivity index (χ0v) is 12.3. The lowest BCUT2D eigenvalue weighted by Crippen LogP contribution is -2.22. The van der Waals surface area contributed by atoms with Crippen LogP contribution in [0.25, 0.3) is 0 Å². The molecule has 0 radical (unpaired) electrons. The van der Waals surface area contributed by atoms with E-state index in [2.05, 4.69) is 21.2 Å². The third kappa shape index (κ3) is 3.96. The van der Waals surface area contributed by atoms with E-state index in [0.29, 0.717) is 11.5 Å². The Labute approximate surface area is 119 Å². The number of hydrogen-bond donors (Lipinski definition) is 1. The Morgan fingerprint density at radius 1 is 1.37 bits per heavy atom. The lowest BCUT2D eigenvalue weighted by atomic mass is 9.99. The maximum atomic E-state index is 12.8. The van der Waals surface area contributed by atoms with Gasteiger partial charge in [0.2, 0.25) is 0 Å². The van der Waals surface area contributed by atoms with Crippen LogP contribution in [0.15, 0.2) is 22.7 Å². The molecular weight excluding hydrogens is 319 g/mol. The van der Waals surface area contributed by atoms with Gasteiger partial charge < -0.3 is 5.32 Å². The van der Waals surface area contributed by atoms with Crippen LogP contribution in [0.3, 0.4) is 0 Å². The monoisotopic (exact) mass is 335 g/mol. The predicted molar refractivity (Wildman–Crippen MR) is 72.9 cm³/mol. The first-order valence-electron chi connectivity index (χ1n) is 6.51. The van der Waals surface area contributed by atoms with Gasteiger partial charge in [-0.1, -0.05) is 35.7 Å². The first-order chi connectivity index (χ1) is 8.91. The van der Waals surface area contributed by atoms with E-state index in [0.717, 1.165) is 23.5 Å². The molecule has 106 valence electrons. The minimum absolute atomic E-state index is 0.00539. The Bertz CT molecular complexity index is 441. The number of nitrogens with one attached hydrogen (secondary N) is 1. The van der Waals surface area contributed by atoms with Gasteiger partial charge in [-0.2, -0.15) is 13.2 Å². The molecule has 0 heterocycles. The van der Waals surface area contributed by atoms with Crippen molar-refractivity contribution in [2.45, 2.75) is 38.4 Å². The summed E-state index contributed by atoms with van der Waals surface area (Å²) in [5, 5.41) is 3.29. The van der Waals surface area contributed by atoms with Crippen molar-refractivity contribution in [2.75, 3.05) is 6.54 Å². The van der Waals surface area contributed by atoms with E-state index >= 15 is 0 Å². The van der Waals surface area contributed by atoms with Gasteiger partial charge in [0.1, 0.15) is 0 Å². The number of alkyl halides is 3. The van der Waals surface area contributed by atoms with Crippen LogP contribution < -0.4 is 5.32 Å². The Hall–Kier alpha value is -0.550. The summed E-state index contributed by atoms with van der Waals surface area (Å²) in [5.41, 5.74) is 0.132. The lowest BCUT2D eigenvalue weighted by Gasteiger charge is -2.21. The highest BCUT2D eigenvalue weighted by Gasteiger charge is 2.32. The van der Waals surface area contributed by atoms with Crippen LogP contribution in [0.2, 0.25) is 0 Å². The summed E-state index contributed by atoms with van der Waals surface area (Å²) in [4.78, 5) is 0. The molecule has 5 heteroatoms. The molecule has 1 saturated carbocycles. The molecule has 1 fully saturated rings. The Morgan fingerprint density at radius 3 is 2.58 bits per heavy atom. The third-order valence-electron chi connectivity index (χ3n) is 3.42. The van der Waals surface area contributed by atoms with Crippen LogP contribution in [0, 0.1) is 5.92 Å². The summed E-state index contributed by atoms with van der Waals surface area (Å²) < 4.78 is 39.1. The Kier molecular flexibility index (Phi) is 4.56. The summed E-state index contributed by atoms with van der Waals surface area (Å²) in [5.74, 6) is 0.658. The molecular formula is C14H17BrF3N. The van der Waals surface area contributed by atoms with Crippen LogP contribution in [-0.2, 0) is 6.18 Å². The topological polar surface area (TPSA) is 12.0 Å². The van der Waals surface area contributed by atoms with Gasteiger partial charge in [-0.05, 0) is 42.6 Å². The fourth-order valence-electron chi connectivity index (χ4n) is 2.24. The van der Waals surface area contributed by atoms with Gasteiger partial charge in [0.25, 0.3) is 0 Å². The van der Waals surface area contributed by atoms with E-state index in [-0.39, 0.29) is 6.04 Å². The molecule has 0 aliphatic heterocycles. The van der Waals surface area contributed by atoms with E-state index in [1.807, 2.05) is 6.92 Å². The highest BCUT2D eigenvalue weighted by Crippen LogP contribution is 2.40. The zero-order valence-electron chi connectivity index (χ0n) is 10.7. The molecule has 0 amide bonds. The van der Waals surface area contributed by atoms with E-state index in [1.165, 1.54) is 25.0 Å². The van der Waals surface area contributed by atoms with Gasteiger partial charge in [0.15, 0.2) is 0 Å². The molecule has 2 rings (SSSR count). The largest absolute Gasteiger partial charge is 0.416 e. The van der Waals surface area contributed by atoms with Crippen LogP contribution in [0.1, 0.15) is 43.4 Å². The summed E-state index contributed by atoms with van der Waals surface area (Å²) in [6, 6.07) is 3.87. The van der Waals surface area contributed by atoms with Crippen molar-refractivity contribution in [3.8, 4) is 0 Å². The molecule has 0 bridgehead atoms. The van der Waals surface area contributed by atoms with Gasteiger partial charge in [-0.3, -0.25) is 0 Å². The summed E-state index contributed by atoms with van der Waals surface area (Å²) in [6.07, 6.45) is -0.990. The molecule has 1 aromatic rings. The van der Waals surface area contributed by atoms with Gasteiger partial charge >= 0.3 is 6.18 Å². The molecule has 1 N–H and O–H groups in total. The van der Waals surface area contributed by atoms with Gasteiger partial charge in [0, 0.05) is 10.5 Å². The van der Waals surface area contributed by atoms with Gasteiger partial charge in [-0.15, -0.1) is 0 Å². The van der Waals surface area contributed by atoms with Crippen molar-refractivity contribution >= 4 is 15.9 Å². The molecule has 1 aromatic carbocycles. The summed E-state index contributed by atoms with van der Waals surface area (Å²) >= 11 is 3.37. The predicted octanol–water partition coefficient (Wildman–Crippen LogP) is 4.92. The average molecular weight is 336 g/mol. The minimum atomic E-state index is -4.29. The van der Waals surface area contributed by atoms with Crippen LogP contribution >= 0.6 is 15.9 Å². The Balaban J connectivity index is 2.28. The smallest absolute Gasteiger partial charge is 0.310 e. The van der Waals surface area contributed by atoms with Crippen LogP contribution in [0.5, 0.6) is 0 Å². The molecule has 0 spiro atoms. The van der Waals surface area contributed by atoms with E-state index < -0.39 is 11.7 Å². The second-order valence-corrected chi connectivity index (χ2v) is 5.88. The summed E-state index contributed by atoms with van der Waals surface area (Å²) in [6.45, 7) is 2.72. The number of benzene rings is 1. The zero-order chi connectivity index (χ0) is 14.0. The minimum Gasteiger partial charge on any atom is -0.310 e. The number of halogens is 4. The molecule has 1 aliphatic carbocycles. The quantitative estimate of drug-likeness (QED) is 0.805. The molecule has 0 aromatic heterocycles. The first kappa shape index (κ1) is 14.9. The van der Waals surface area contributed by atoms with Crippen LogP contribution in [-0.4, -0.2) is 6.54 Å². The van der Waals surface area contributed by atoms with Crippen molar-refractivity contribution in [1.82, 2.24) is 5.32 Å². The van der Waals surface area contributed by atoms with Crippen LogP contribution in [0.4, 0.5) is 13.2 Å². The summed E-state index contributed by atoms with van der Waals surface area (Å²) in [7, 11) is 0. The SMILES string of the molecule is CCNC(CC1CC1)c1cc(C(F)(F)F)ccc1Br. The van der Waals surface area contributed by atoms with Crippen molar-refractivity contribution < 1.29 is 13.2 Å². The first-order valence-corrected chi connectivity index (χ1v) is 7.31. The second-order valence-electron chi connectivity index (χ2n) is 5.02. The van der Waals surface area contributed by atoms with Crippen molar-refractivity contribution in [3.05, 3.63) is 33.8 Å². The third-order valence-corrected chi connectivity index (χ3v) is 4.14. The molecule has 1 unspecified atom stereocenters. The maximum absolute atomic E-state index is 12.8. The molecule has 1 aliphatic rings. The van der Waals surface area contributed by atoms with Crippen molar-refractivity contribution in [2.24, 2.45) is 5.92 Å². The fourth-order valence-corrected chi connectivity index (χ4v) is 2.76. The van der Waals surface area contributed by atoms with E-state index in [9.17, 15) is 13.2 Å². The van der Waals surface area contributed by atoms with E-state index in [1.54, 1.807) is 0 Å². The van der Waals surface area contributed by atoms with E-state index in [4.69, 9.17) is 0 Å². The second kappa shape index (κ2) is 5.83. The standard InChI is InChI=1S/C14H17BrF3N/c1-2-19-13(7-9-3-4-9)11-8-10(14(16,17)18)5-6-12(11)15/h5-6,8-9,13,19H,2-4,7H2,1H3. The van der Waals surface area contributed by atoms with Gasteiger partial charge in [0.05, 0.1) is 5.56 Å². The molecule has 19 heavy (non-hydrogen) atoms. The average Bonchev–Trinajstić information content (AvgIpc) is 3.11. The fraction of sp³-hybridized carbons (Fsp3) is 0.571. The molecule has 0 saturated heterocycles.